The second-order valence-electron chi connectivity index (χ2n) is 4.20. The topological polar surface area (TPSA) is 75.6 Å². The molecule has 0 unspecified atom stereocenters. The monoisotopic (exact) mass is 305 g/mol. The van der Waals surface area contributed by atoms with Crippen LogP contribution in [0, 0.1) is 0 Å². The van der Waals surface area contributed by atoms with E-state index >= 15 is 0 Å². The van der Waals surface area contributed by atoms with Gasteiger partial charge in [0.15, 0.2) is 0 Å². The van der Waals surface area contributed by atoms with Crippen LogP contribution in [0.2, 0.25) is 0 Å². The lowest BCUT2D eigenvalue weighted by Gasteiger charge is -2.08. The third kappa shape index (κ3) is 7.31. The van der Waals surface area contributed by atoms with Crippen LogP contribution in [0.1, 0.15) is 22.3 Å². The molecule has 1 aromatic rings. The van der Waals surface area contributed by atoms with Gasteiger partial charge in [-0.15, -0.1) is 0 Å². The molecule has 116 valence electrons. The van der Waals surface area contributed by atoms with Gasteiger partial charge in [-0.25, -0.2) is 4.79 Å². The van der Waals surface area contributed by atoms with Crippen LogP contribution >= 0.6 is 0 Å². The van der Waals surface area contributed by atoms with Crippen molar-refractivity contribution >= 4 is 11.9 Å². The van der Waals surface area contributed by atoms with Gasteiger partial charge < -0.3 is 15.2 Å². The molecule has 2 N–H and O–H groups in total. The number of carboxylic acid groups (broad SMARTS) is 1. The zero-order valence-corrected chi connectivity index (χ0v) is 10.9. The van der Waals surface area contributed by atoms with E-state index in [2.05, 4.69) is 10.1 Å². The molecule has 0 aliphatic rings. The Morgan fingerprint density at radius 2 is 2.00 bits per heavy atom. The number of amides is 1. The van der Waals surface area contributed by atoms with Gasteiger partial charge in [-0.05, 0) is 17.7 Å². The standard InChI is InChI=1S/C13H14F3NO4/c14-13(15,16)8-21-5-4-11(18)17-7-9-2-1-3-10(6-9)12(19)20/h1-3,6H,4-5,7-8H2,(H,17,18)(H,19,20). The zero-order valence-electron chi connectivity index (χ0n) is 10.9. The molecule has 0 aliphatic heterocycles. The molecule has 8 heteroatoms. The summed E-state index contributed by atoms with van der Waals surface area (Å²) in [4.78, 5) is 22.1. The summed E-state index contributed by atoms with van der Waals surface area (Å²) in [6.07, 6.45) is -4.61. The van der Waals surface area contributed by atoms with E-state index in [-0.39, 0.29) is 25.1 Å². The summed E-state index contributed by atoms with van der Waals surface area (Å²) in [5, 5.41) is 11.3. The van der Waals surface area contributed by atoms with Gasteiger partial charge in [0.2, 0.25) is 5.91 Å². The number of carboxylic acids is 1. The van der Waals surface area contributed by atoms with E-state index < -0.39 is 24.7 Å². The highest BCUT2D eigenvalue weighted by Crippen LogP contribution is 2.14. The van der Waals surface area contributed by atoms with E-state index in [0.29, 0.717) is 5.56 Å². The average molecular weight is 305 g/mol. The van der Waals surface area contributed by atoms with Crippen LogP contribution < -0.4 is 5.32 Å². The Hall–Kier alpha value is -2.09. The number of hydrogen-bond donors (Lipinski definition) is 2. The normalized spacial score (nSPS) is 11.2. The number of alkyl halides is 3. The summed E-state index contributed by atoms with van der Waals surface area (Å²) in [5.74, 6) is -1.55. The van der Waals surface area contributed by atoms with Crippen LogP contribution in [0.3, 0.4) is 0 Å². The lowest BCUT2D eigenvalue weighted by molar-refractivity contribution is -0.174. The second kappa shape index (κ2) is 7.63. The van der Waals surface area contributed by atoms with Gasteiger partial charge in [-0.1, -0.05) is 12.1 Å². The number of aromatic carboxylic acids is 1. The first-order valence-electron chi connectivity index (χ1n) is 6.01. The van der Waals surface area contributed by atoms with Crippen molar-refractivity contribution < 1.29 is 32.6 Å². The number of rotatable bonds is 7. The third-order valence-electron chi connectivity index (χ3n) is 2.40. The van der Waals surface area contributed by atoms with Gasteiger partial charge in [0.25, 0.3) is 0 Å². The molecule has 1 aromatic carbocycles. The predicted molar refractivity (Wildman–Crippen MR) is 66.7 cm³/mol. The SMILES string of the molecule is O=C(CCOCC(F)(F)F)NCc1cccc(C(=O)O)c1. The fourth-order valence-electron chi connectivity index (χ4n) is 1.46. The Morgan fingerprint density at radius 3 is 2.62 bits per heavy atom. The van der Waals surface area contributed by atoms with Crippen molar-refractivity contribution in [3.05, 3.63) is 35.4 Å². The predicted octanol–water partition coefficient (Wildman–Crippen LogP) is 1.97. The Bertz CT molecular complexity index is 502. The molecule has 0 saturated heterocycles. The molecular formula is C13H14F3NO4. The number of ether oxygens (including phenoxy) is 1. The highest BCUT2D eigenvalue weighted by Gasteiger charge is 2.27. The Labute approximate surface area is 118 Å². The van der Waals surface area contributed by atoms with E-state index in [0.717, 1.165) is 0 Å². The largest absolute Gasteiger partial charge is 0.478 e. The Balaban J connectivity index is 2.30. The minimum absolute atomic E-state index is 0.0928. The first-order chi connectivity index (χ1) is 9.78. The highest BCUT2D eigenvalue weighted by atomic mass is 19.4. The fourth-order valence-corrected chi connectivity index (χ4v) is 1.46. The lowest BCUT2D eigenvalue weighted by atomic mass is 10.1. The minimum atomic E-state index is -4.41. The summed E-state index contributed by atoms with van der Waals surface area (Å²) in [5.41, 5.74) is 0.676. The Morgan fingerprint density at radius 1 is 1.29 bits per heavy atom. The molecule has 21 heavy (non-hydrogen) atoms. The van der Waals surface area contributed by atoms with Crippen molar-refractivity contribution in [3.8, 4) is 0 Å². The maximum absolute atomic E-state index is 11.8. The summed E-state index contributed by atoms with van der Waals surface area (Å²) in [6, 6.07) is 5.99. The van der Waals surface area contributed by atoms with Crippen molar-refractivity contribution in [2.75, 3.05) is 13.2 Å². The summed E-state index contributed by atoms with van der Waals surface area (Å²) >= 11 is 0. The van der Waals surface area contributed by atoms with E-state index in [4.69, 9.17) is 5.11 Å². The number of hydrogen-bond acceptors (Lipinski definition) is 3. The van der Waals surface area contributed by atoms with Crippen LogP contribution in [0.4, 0.5) is 13.2 Å². The van der Waals surface area contributed by atoms with Gasteiger partial charge in [-0.2, -0.15) is 13.2 Å². The van der Waals surface area contributed by atoms with E-state index in [9.17, 15) is 22.8 Å². The fraction of sp³-hybridized carbons (Fsp3) is 0.385. The van der Waals surface area contributed by atoms with Gasteiger partial charge in [0.05, 0.1) is 12.2 Å². The van der Waals surface area contributed by atoms with Crippen LogP contribution in [-0.2, 0) is 16.1 Å². The number of carbonyl (C=O) groups excluding carboxylic acids is 1. The highest BCUT2D eigenvalue weighted by molar-refractivity contribution is 5.87. The summed E-state index contributed by atoms with van der Waals surface area (Å²) in [7, 11) is 0. The number of benzene rings is 1. The molecule has 0 spiro atoms. The maximum atomic E-state index is 11.8. The van der Waals surface area contributed by atoms with Crippen molar-refractivity contribution in [2.24, 2.45) is 0 Å². The van der Waals surface area contributed by atoms with Crippen LogP contribution in [-0.4, -0.2) is 36.4 Å². The molecule has 5 nitrogen and oxygen atoms in total. The van der Waals surface area contributed by atoms with Gasteiger partial charge in [0, 0.05) is 13.0 Å². The molecule has 1 rings (SSSR count). The number of carbonyl (C=O) groups is 2. The molecule has 0 atom stereocenters. The molecule has 0 saturated carbocycles. The van der Waals surface area contributed by atoms with E-state index in [1.54, 1.807) is 6.07 Å². The molecule has 0 aromatic heterocycles. The molecule has 0 bridgehead atoms. The Kier molecular flexibility index (Phi) is 6.16. The third-order valence-corrected chi connectivity index (χ3v) is 2.40. The first-order valence-corrected chi connectivity index (χ1v) is 6.01. The van der Waals surface area contributed by atoms with Gasteiger partial charge in [-0.3, -0.25) is 4.79 Å². The summed E-state index contributed by atoms with van der Waals surface area (Å²) < 4.78 is 39.6. The smallest absolute Gasteiger partial charge is 0.411 e. The molecule has 0 fully saturated rings. The lowest BCUT2D eigenvalue weighted by Crippen LogP contribution is -2.25. The molecule has 0 aliphatic carbocycles. The molecule has 1 amide bonds. The molecule has 0 radical (unpaired) electrons. The van der Waals surface area contributed by atoms with Crippen LogP contribution in [0.15, 0.2) is 24.3 Å². The van der Waals surface area contributed by atoms with Crippen LogP contribution in [0.25, 0.3) is 0 Å². The van der Waals surface area contributed by atoms with Gasteiger partial charge in [0.1, 0.15) is 6.61 Å². The average Bonchev–Trinajstić information content (AvgIpc) is 2.40. The zero-order chi connectivity index (χ0) is 15.9. The van der Waals surface area contributed by atoms with Crippen molar-refractivity contribution in [1.82, 2.24) is 5.32 Å². The van der Waals surface area contributed by atoms with Crippen molar-refractivity contribution in [1.29, 1.82) is 0 Å². The van der Waals surface area contributed by atoms with E-state index in [1.165, 1.54) is 18.2 Å². The van der Waals surface area contributed by atoms with Crippen molar-refractivity contribution in [2.45, 2.75) is 19.1 Å². The first kappa shape index (κ1) is 17.0. The van der Waals surface area contributed by atoms with Crippen molar-refractivity contribution in [3.63, 3.8) is 0 Å². The summed E-state index contributed by atoms with van der Waals surface area (Å²) in [6.45, 7) is -1.62. The quantitative estimate of drug-likeness (QED) is 0.755. The van der Waals surface area contributed by atoms with E-state index in [1.807, 2.05) is 0 Å². The van der Waals surface area contributed by atoms with Gasteiger partial charge >= 0.3 is 12.1 Å². The molecular weight excluding hydrogens is 291 g/mol. The number of halogens is 3. The maximum Gasteiger partial charge on any atom is 0.411 e. The number of nitrogens with one attached hydrogen (secondary N) is 1. The molecule has 0 heterocycles. The minimum Gasteiger partial charge on any atom is -0.478 e. The second-order valence-corrected chi connectivity index (χ2v) is 4.20. The van der Waals surface area contributed by atoms with Crippen LogP contribution in [0.5, 0.6) is 0 Å².